The van der Waals surface area contributed by atoms with Crippen LogP contribution in [0.3, 0.4) is 0 Å². The second kappa shape index (κ2) is 7.04. The number of rotatable bonds is 7. The summed E-state index contributed by atoms with van der Waals surface area (Å²) in [5, 5.41) is 0. The number of carbonyl (C=O) groups excluding carboxylic acids is 1. The van der Waals surface area contributed by atoms with Crippen molar-refractivity contribution < 1.29 is 9.53 Å². The second-order valence-corrected chi connectivity index (χ2v) is 3.55. The molecule has 0 heterocycles. The molecule has 0 amide bonds. The third-order valence-corrected chi connectivity index (χ3v) is 2.22. The third-order valence-electron chi connectivity index (χ3n) is 2.22. The molecule has 0 atom stereocenters. The van der Waals surface area contributed by atoms with Gasteiger partial charge in [-0.1, -0.05) is 25.5 Å². The summed E-state index contributed by atoms with van der Waals surface area (Å²) in [6.07, 6.45) is 4.56. The molecule has 0 N–H and O–H groups in total. The van der Waals surface area contributed by atoms with Crippen LogP contribution in [0.5, 0.6) is 5.75 Å². The Labute approximate surface area is 91.3 Å². The highest BCUT2D eigenvalue weighted by Gasteiger charge is 1.96. The Morgan fingerprint density at radius 1 is 1.40 bits per heavy atom. The number of hydrogen-bond acceptors (Lipinski definition) is 2. The highest BCUT2D eigenvalue weighted by Crippen LogP contribution is 2.14. The summed E-state index contributed by atoms with van der Waals surface area (Å²) >= 11 is 0. The van der Waals surface area contributed by atoms with Crippen molar-refractivity contribution in [2.24, 2.45) is 0 Å². The van der Waals surface area contributed by atoms with E-state index >= 15 is 0 Å². The quantitative estimate of drug-likeness (QED) is 0.506. The molecule has 0 aliphatic carbocycles. The van der Waals surface area contributed by atoms with Gasteiger partial charge in [-0.3, -0.25) is 0 Å². The summed E-state index contributed by atoms with van der Waals surface area (Å²) in [6, 6.07) is 7.97. The predicted molar refractivity (Wildman–Crippen MR) is 61.2 cm³/mol. The van der Waals surface area contributed by atoms with Crippen molar-refractivity contribution >= 4 is 6.29 Å². The predicted octanol–water partition coefficient (Wildman–Crippen LogP) is 3.00. The summed E-state index contributed by atoms with van der Waals surface area (Å²) in [5.74, 6) is 0.909. The maximum absolute atomic E-state index is 10.2. The molecular weight excluding hydrogens is 188 g/mol. The van der Waals surface area contributed by atoms with Crippen LogP contribution in [0.1, 0.15) is 31.7 Å². The van der Waals surface area contributed by atoms with E-state index in [0.717, 1.165) is 43.5 Å². The lowest BCUT2D eigenvalue weighted by Crippen LogP contribution is -1.97. The van der Waals surface area contributed by atoms with Gasteiger partial charge in [0.05, 0.1) is 6.61 Å². The summed E-state index contributed by atoms with van der Waals surface area (Å²) in [6.45, 7) is 2.91. The molecule has 0 aromatic heterocycles. The number of carbonyl (C=O) groups is 1. The lowest BCUT2D eigenvalue weighted by molar-refractivity contribution is -0.107. The van der Waals surface area contributed by atoms with Gasteiger partial charge in [0, 0.05) is 6.42 Å². The summed E-state index contributed by atoms with van der Waals surface area (Å²) in [7, 11) is 0. The fourth-order valence-electron chi connectivity index (χ4n) is 1.35. The minimum atomic E-state index is 0.582. The molecule has 0 saturated heterocycles. The maximum atomic E-state index is 10.2. The summed E-state index contributed by atoms with van der Waals surface area (Å²) < 4.78 is 5.58. The average molecular weight is 206 g/mol. The van der Waals surface area contributed by atoms with Crippen molar-refractivity contribution in [2.75, 3.05) is 6.61 Å². The zero-order valence-corrected chi connectivity index (χ0v) is 9.24. The molecule has 82 valence electrons. The number of benzene rings is 1. The normalized spacial score (nSPS) is 9.93. The lowest BCUT2D eigenvalue weighted by atomic mass is 10.1. The molecule has 0 aliphatic heterocycles. The number of aldehydes is 1. The molecule has 2 heteroatoms. The van der Waals surface area contributed by atoms with Crippen LogP contribution in [0.15, 0.2) is 24.3 Å². The van der Waals surface area contributed by atoms with Gasteiger partial charge in [0.2, 0.25) is 0 Å². The Bertz CT molecular complexity index is 294. The van der Waals surface area contributed by atoms with Crippen LogP contribution in [0.25, 0.3) is 0 Å². The van der Waals surface area contributed by atoms with Crippen LogP contribution in [0.4, 0.5) is 0 Å². The average Bonchev–Trinajstić information content (AvgIpc) is 2.27. The molecule has 15 heavy (non-hydrogen) atoms. The van der Waals surface area contributed by atoms with Crippen LogP contribution >= 0.6 is 0 Å². The van der Waals surface area contributed by atoms with Gasteiger partial charge in [-0.15, -0.1) is 0 Å². The first kappa shape index (κ1) is 11.8. The Hall–Kier alpha value is -1.31. The summed E-state index contributed by atoms with van der Waals surface area (Å²) in [4.78, 5) is 10.2. The van der Waals surface area contributed by atoms with Crippen molar-refractivity contribution in [1.82, 2.24) is 0 Å². The van der Waals surface area contributed by atoms with E-state index in [4.69, 9.17) is 4.74 Å². The molecular formula is C13H18O2. The first-order valence-electron chi connectivity index (χ1n) is 5.52. The van der Waals surface area contributed by atoms with Crippen LogP contribution in [-0.2, 0) is 11.2 Å². The van der Waals surface area contributed by atoms with Crippen molar-refractivity contribution in [1.29, 1.82) is 0 Å². The zero-order chi connectivity index (χ0) is 10.9. The van der Waals surface area contributed by atoms with Gasteiger partial charge in [0.1, 0.15) is 12.0 Å². The Kier molecular flexibility index (Phi) is 5.52. The molecule has 0 saturated carbocycles. The molecule has 1 aromatic rings. The molecule has 0 radical (unpaired) electrons. The van der Waals surface area contributed by atoms with Gasteiger partial charge >= 0.3 is 0 Å². The number of aryl methyl sites for hydroxylation is 1. The largest absolute Gasteiger partial charge is 0.494 e. The van der Waals surface area contributed by atoms with Crippen molar-refractivity contribution in [3.8, 4) is 5.75 Å². The summed E-state index contributed by atoms with van der Waals surface area (Å²) in [5.41, 5.74) is 1.16. The maximum Gasteiger partial charge on any atom is 0.120 e. The van der Waals surface area contributed by atoms with Gasteiger partial charge in [-0.2, -0.15) is 0 Å². The fourth-order valence-corrected chi connectivity index (χ4v) is 1.35. The molecule has 0 aliphatic rings. The fraction of sp³-hybridized carbons (Fsp3) is 0.462. The second-order valence-electron chi connectivity index (χ2n) is 3.55. The highest BCUT2D eigenvalue weighted by atomic mass is 16.5. The Balaban J connectivity index is 2.46. The monoisotopic (exact) mass is 206 g/mol. The molecule has 0 fully saturated rings. The third kappa shape index (κ3) is 4.63. The van der Waals surface area contributed by atoms with E-state index in [1.807, 2.05) is 24.3 Å². The first-order valence-corrected chi connectivity index (χ1v) is 5.52. The van der Waals surface area contributed by atoms with Crippen LogP contribution in [0, 0.1) is 0 Å². The molecule has 1 rings (SSSR count). The smallest absolute Gasteiger partial charge is 0.120 e. The Morgan fingerprint density at radius 2 is 2.27 bits per heavy atom. The zero-order valence-electron chi connectivity index (χ0n) is 9.24. The van der Waals surface area contributed by atoms with Crippen LogP contribution < -0.4 is 4.74 Å². The topological polar surface area (TPSA) is 26.3 Å². The SMILES string of the molecule is CCCCOc1cccc(CCC=O)c1. The van der Waals surface area contributed by atoms with E-state index in [1.165, 1.54) is 0 Å². The van der Waals surface area contributed by atoms with Crippen molar-refractivity contribution in [3.63, 3.8) is 0 Å². The first-order chi connectivity index (χ1) is 7.36. The van der Waals surface area contributed by atoms with E-state index in [9.17, 15) is 4.79 Å². The minimum absolute atomic E-state index is 0.582. The van der Waals surface area contributed by atoms with Crippen molar-refractivity contribution in [3.05, 3.63) is 29.8 Å². The minimum Gasteiger partial charge on any atom is -0.494 e. The van der Waals surface area contributed by atoms with E-state index in [2.05, 4.69) is 6.92 Å². The van der Waals surface area contributed by atoms with E-state index in [0.29, 0.717) is 6.42 Å². The molecule has 0 unspecified atom stereocenters. The van der Waals surface area contributed by atoms with Gasteiger partial charge in [0.25, 0.3) is 0 Å². The number of ether oxygens (including phenoxy) is 1. The molecule has 0 bridgehead atoms. The van der Waals surface area contributed by atoms with E-state index < -0.39 is 0 Å². The Morgan fingerprint density at radius 3 is 3.00 bits per heavy atom. The standard InChI is InChI=1S/C13H18O2/c1-2-3-10-15-13-8-4-6-12(11-13)7-5-9-14/h4,6,8-9,11H,2-3,5,7,10H2,1H3. The van der Waals surface area contributed by atoms with Crippen molar-refractivity contribution in [2.45, 2.75) is 32.6 Å². The number of unbranched alkanes of at least 4 members (excludes halogenated alkanes) is 1. The number of hydrogen-bond donors (Lipinski definition) is 0. The van der Waals surface area contributed by atoms with Gasteiger partial charge in [-0.25, -0.2) is 0 Å². The molecule has 0 spiro atoms. The van der Waals surface area contributed by atoms with Crippen LogP contribution in [0.2, 0.25) is 0 Å². The highest BCUT2D eigenvalue weighted by molar-refractivity contribution is 5.50. The van der Waals surface area contributed by atoms with E-state index in [1.54, 1.807) is 0 Å². The van der Waals surface area contributed by atoms with Gasteiger partial charge < -0.3 is 9.53 Å². The lowest BCUT2D eigenvalue weighted by Gasteiger charge is -2.06. The molecule has 2 nitrogen and oxygen atoms in total. The molecule has 1 aromatic carbocycles. The van der Waals surface area contributed by atoms with E-state index in [-0.39, 0.29) is 0 Å². The van der Waals surface area contributed by atoms with Crippen LogP contribution in [-0.4, -0.2) is 12.9 Å². The van der Waals surface area contributed by atoms with Gasteiger partial charge in [-0.05, 0) is 30.5 Å². The van der Waals surface area contributed by atoms with Gasteiger partial charge in [0.15, 0.2) is 0 Å².